The highest BCUT2D eigenvalue weighted by atomic mass is 16.6. The van der Waals surface area contributed by atoms with Crippen LogP contribution in [0.4, 0.5) is 4.79 Å². The average molecular weight is 371 g/mol. The first kappa shape index (κ1) is 20.5. The Hall–Kier alpha value is -2.81. The number of carbonyl (C=O) groups is 3. The van der Waals surface area contributed by atoms with Gasteiger partial charge in [-0.05, 0) is 39.7 Å². The van der Waals surface area contributed by atoms with Gasteiger partial charge in [0.15, 0.2) is 0 Å². The Kier molecular flexibility index (Phi) is 6.62. The van der Waals surface area contributed by atoms with Gasteiger partial charge in [0.1, 0.15) is 18.2 Å². The van der Waals surface area contributed by atoms with Gasteiger partial charge in [-0.1, -0.05) is 30.3 Å². The van der Waals surface area contributed by atoms with E-state index in [9.17, 15) is 14.4 Å². The largest absolute Gasteiger partial charge is 0.459 e. The second-order valence-corrected chi connectivity index (χ2v) is 7.36. The predicted molar refractivity (Wildman–Crippen MR) is 99.3 cm³/mol. The van der Waals surface area contributed by atoms with Crippen LogP contribution in [-0.2, 0) is 25.7 Å². The molecule has 2 rings (SSSR count). The monoisotopic (exact) mass is 371 g/mol. The highest BCUT2D eigenvalue weighted by Crippen LogP contribution is 2.30. The molecule has 1 aromatic rings. The van der Waals surface area contributed by atoms with Gasteiger partial charge in [0.25, 0.3) is 0 Å². The predicted octanol–water partition coefficient (Wildman–Crippen LogP) is 3.30. The van der Waals surface area contributed by atoms with E-state index in [4.69, 9.17) is 9.47 Å². The van der Waals surface area contributed by atoms with Gasteiger partial charge in [0.2, 0.25) is 5.91 Å². The van der Waals surface area contributed by atoms with Crippen LogP contribution in [0.2, 0.25) is 0 Å². The third kappa shape index (κ3) is 5.58. The summed E-state index contributed by atoms with van der Waals surface area (Å²) in [5.74, 6) is 3.98. The highest BCUT2D eigenvalue weighted by molar-refractivity contribution is 6.00. The number of nitrogens with zero attached hydrogens (tertiary/aromatic N) is 1. The Bertz CT molecular complexity index is 754. The van der Waals surface area contributed by atoms with Crippen LogP contribution in [-0.4, -0.2) is 34.5 Å². The van der Waals surface area contributed by atoms with Crippen LogP contribution in [0, 0.1) is 17.8 Å². The van der Waals surface area contributed by atoms with Gasteiger partial charge in [0, 0.05) is 6.42 Å². The molecule has 144 valence electrons. The molecule has 0 unspecified atom stereocenters. The fraction of sp³-hybridized carbons (Fsp3) is 0.476. The Labute approximate surface area is 159 Å². The van der Waals surface area contributed by atoms with Crippen LogP contribution in [0.15, 0.2) is 30.3 Å². The fourth-order valence-corrected chi connectivity index (χ4v) is 2.78. The van der Waals surface area contributed by atoms with Crippen LogP contribution < -0.4 is 0 Å². The first-order valence-electron chi connectivity index (χ1n) is 8.89. The Morgan fingerprint density at radius 1 is 1.22 bits per heavy atom. The molecule has 0 saturated carbocycles. The number of esters is 1. The normalized spacial score (nSPS) is 19.3. The maximum atomic E-state index is 12.7. The summed E-state index contributed by atoms with van der Waals surface area (Å²) in [4.78, 5) is 38.7. The minimum Gasteiger partial charge on any atom is -0.459 e. The van der Waals surface area contributed by atoms with Crippen molar-refractivity contribution in [1.82, 2.24) is 4.90 Å². The van der Waals surface area contributed by atoms with Crippen LogP contribution in [0.3, 0.4) is 0 Å². The Morgan fingerprint density at radius 3 is 2.48 bits per heavy atom. The van der Waals surface area contributed by atoms with Gasteiger partial charge >= 0.3 is 12.1 Å². The van der Waals surface area contributed by atoms with Crippen LogP contribution in [0.25, 0.3) is 0 Å². The quantitative estimate of drug-likeness (QED) is 0.600. The summed E-state index contributed by atoms with van der Waals surface area (Å²) >= 11 is 0. The lowest BCUT2D eigenvalue weighted by atomic mass is 10.0. The first-order valence-corrected chi connectivity index (χ1v) is 8.89. The molecule has 1 saturated heterocycles. The number of hydrogen-bond donors (Lipinski definition) is 0. The minimum absolute atomic E-state index is 0.0754. The summed E-state index contributed by atoms with van der Waals surface area (Å²) < 4.78 is 10.7. The summed E-state index contributed by atoms with van der Waals surface area (Å²) in [5, 5.41) is 0. The van der Waals surface area contributed by atoms with E-state index in [1.54, 1.807) is 27.7 Å². The SMILES string of the molecule is CC#CC[C@@H]1C[C@@H](C(=O)OCc2ccccc2)N(C(=O)OC(C)(C)C)C1=O. The van der Waals surface area contributed by atoms with Crippen LogP contribution in [0.5, 0.6) is 0 Å². The molecule has 0 spiro atoms. The minimum atomic E-state index is -1.00. The van der Waals surface area contributed by atoms with Crippen molar-refractivity contribution in [3.05, 3.63) is 35.9 Å². The smallest absolute Gasteiger partial charge is 0.417 e. The average Bonchev–Trinajstić information content (AvgIpc) is 2.94. The molecule has 1 aliphatic rings. The summed E-state index contributed by atoms with van der Waals surface area (Å²) in [6.07, 6.45) is -0.363. The molecule has 1 heterocycles. The van der Waals surface area contributed by atoms with Crippen molar-refractivity contribution in [2.45, 2.75) is 58.8 Å². The van der Waals surface area contributed by atoms with Gasteiger partial charge < -0.3 is 9.47 Å². The van der Waals surface area contributed by atoms with E-state index in [1.165, 1.54) is 0 Å². The molecule has 0 aliphatic carbocycles. The number of hydrogen-bond acceptors (Lipinski definition) is 5. The molecular formula is C21H25NO5. The van der Waals surface area contributed by atoms with Crippen molar-refractivity contribution < 1.29 is 23.9 Å². The van der Waals surface area contributed by atoms with Crippen molar-refractivity contribution >= 4 is 18.0 Å². The third-order valence-electron chi connectivity index (χ3n) is 4.02. The van der Waals surface area contributed by atoms with Crippen molar-refractivity contribution in [1.29, 1.82) is 0 Å². The van der Waals surface area contributed by atoms with Gasteiger partial charge in [-0.3, -0.25) is 4.79 Å². The summed E-state index contributed by atoms with van der Waals surface area (Å²) in [6, 6.07) is 8.21. The summed E-state index contributed by atoms with van der Waals surface area (Å²) in [5.41, 5.74) is 0.0457. The van der Waals surface area contributed by atoms with Gasteiger partial charge in [-0.15, -0.1) is 11.8 Å². The molecule has 0 radical (unpaired) electrons. The van der Waals surface area contributed by atoms with Gasteiger partial charge in [-0.25, -0.2) is 14.5 Å². The Morgan fingerprint density at radius 2 is 1.89 bits per heavy atom. The maximum Gasteiger partial charge on any atom is 0.417 e. The second-order valence-electron chi connectivity index (χ2n) is 7.36. The molecule has 6 nitrogen and oxygen atoms in total. The number of amides is 2. The van der Waals surface area contributed by atoms with Gasteiger partial charge in [0.05, 0.1) is 5.92 Å². The number of benzene rings is 1. The Balaban J connectivity index is 2.15. The highest BCUT2D eigenvalue weighted by Gasteiger charge is 2.48. The molecule has 6 heteroatoms. The lowest BCUT2D eigenvalue weighted by molar-refractivity contribution is -0.152. The molecule has 0 N–H and O–H groups in total. The molecule has 2 amide bonds. The van der Waals surface area contributed by atoms with Gasteiger partial charge in [-0.2, -0.15) is 0 Å². The van der Waals surface area contributed by atoms with Crippen molar-refractivity contribution in [2.75, 3.05) is 0 Å². The zero-order valence-electron chi connectivity index (χ0n) is 16.2. The zero-order chi connectivity index (χ0) is 20.0. The number of rotatable bonds is 4. The molecule has 1 aliphatic heterocycles. The molecule has 2 atom stereocenters. The molecule has 27 heavy (non-hydrogen) atoms. The molecular weight excluding hydrogens is 346 g/mol. The van der Waals surface area contributed by atoms with E-state index in [2.05, 4.69) is 11.8 Å². The van der Waals surface area contributed by atoms with Crippen LogP contribution in [0.1, 0.15) is 46.1 Å². The first-order chi connectivity index (χ1) is 12.7. The molecule has 1 aromatic carbocycles. The molecule has 0 aromatic heterocycles. The number of likely N-dealkylation sites (tertiary alicyclic amines) is 1. The number of carbonyl (C=O) groups excluding carboxylic acids is 3. The molecule has 1 fully saturated rings. The van der Waals surface area contributed by atoms with E-state index >= 15 is 0 Å². The van der Waals surface area contributed by atoms with Crippen molar-refractivity contribution in [2.24, 2.45) is 5.92 Å². The standard InChI is InChI=1S/C21H25NO5/c1-5-6-12-16-13-17(19(24)26-14-15-10-8-7-9-11-15)22(18(16)23)20(25)27-21(2,3)4/h7-11,16-17H,12-14H2,1-4H3/t16-,17+/m1/s1. The van der Waals surface area contributed by atoms with E-state index in [-0.39, 0.29) is 19.4 Å². The van der Waals surface area contributed by atoms with Crippen LogP contribution >= 0.6 is 0 Å². The number of imide groups is 1. The number of ether oxygens (including phenoxy) is 2. The summed E-state index contributed by atoms with van der Waals surface area (Å²) in [7, 11) is 0. The topological polar surface area (TPSA) is 72.9 Å². The lowest BCUT2D eigenvalue weighted by Gasteiger charge is -2.26. The third-order valence-corrected chi connectivity index (χ3v) is 4.02. The van der Waals surface area contributed by atoms with E-state index in [0.29, 0.717) is 0 Å². The maximum absolute atomic E-state index is 12.7. The van der Waals surface area contributed by atoms with E-state index in [1.807, 2.05) is 30.3 Å². The lowest BCUT2D eigenvalue weighted by Crippen LogP contribution is -2.46. The van der Waals surface area contributed by atoms with Crippen molar-refractivity contribution in [3.8, 4) is 11.8 Å². The van der Waals surface area contributed by atoms with E-state index < -0.39 is 35.5 Å². The van der Waals surface area contributed by atoms with Crippen molar-refractivity contribution in [3.63, 3.8) is 0 Å². The molecule has 0 bridgehead atoms. The summed E-state index contributed by atoms with van der Waals surface area (Å²) in [6.45, 7) is 6.86. The zero-order valence-corrected chi connectivity index (χ0v) is 16.2. The van der Waals surface area contributed by atoms with E-state index in [0.717, 1.165) is 10.5 Å². The fourth-order valence-electron chi connectivity index (χ4n) is 2.78. The second kappa shape index (κ2) is 8.72.